The van der Waals surface area contributed by atoms with Crippen molar-refractivity contribution in [1.29, 1.82) is 0 Å². The summed E-state index contributed by atoms with van der Waals surface area (Å²) < 4.78 is 29.3. The first-order valence-corrected chi connectivity index (χ1v) is 5.47. The van der Waals surface area contributed by atoms with Crippen LogP contribution in [0.3, 0.4) is 0 Å². The molecule has 2 nitrogen and oxygen atoms in total. The van der Waals surface area contributed by atoms with E-state index in [0.29, 0.717) is 12.1 Å². The Kier molecular flexibility index (Phi) is 4.24. The van der Waals surface area contributed by atoms with Gasteiger partial charge >= 0.3 is 0 Å². The number of hydrogen-bond acceptors (Lipinski definition) is 2. The second-order valence-electron chi connectivity index (χ2n) is 2.75. The molecule has 14 heavy (non-hydrogen) atoms. The minimum Gasteiger partial charge on any atom is -0.207 e. The average molecular weight is 234 g/mol. The predicted molar refractivity (Wildman–Crippen MR) is 55.0 cm³/mol. The number of nitrogens with zero attached hydrogens (tertiary/aromatic N) is 2. The summed E-state index contributed by atoms with van der Waals surface area (Å²) in [7, 11) is 2.57. The highest BCUT2D eigenvalue weighted by Gasteiger charge is 2.02. The minimum absolute atomic E-state index is 0.332. The largest absolute Gasteiger partial charge is 0.207 e. The highest BCUT2D eigenvalue weighted by Crippen LogP contribution is 2.09. The molecule has 6 heteroatoms. The van der Waals surface area contributed by atoms with Crippen molar-refractivity contribution in [2.75, 3.05) is 7.05 Å². The molecule has 0 amide bonds. The molecule has 1 aromatic carbocycles. The third kappa shape index (κ3) is 3.57. The van der Waals surface area contributed by atoms with Gasteiger partial charge in [0.05, 0.1) is 0 Å². The van der Waals surface area contributed by atoms with E-state index in [1.807, 2.05) is 0 Å². The molecule has 0 aromatic heterocycles. The fourth-order valence-corrected chi connectivity index (χ4v) is 1.57. The van der Waals surface area contributed by atoms with E-state index in [9.17, 15) is 8.78 Å². The van der Waals surface area contributed by atoms with E-state index in [2.05, 4.69) is 15.7 Å². The third-order valence-electron chi connectivity index (χ3n) is 1.51. The van der Waals surface area contributed by atoms with Gasteiger partial charge in [-0.05, 0) is 17.7 Å². The Hall–Kier alpha value is -0.720. The van der Waals surface area contributed by atoms with Crippen molar-refractivity contribution >= 4 is 21.3 Å². The highest BCUT2D eigenvalue weighted by molar-refractivity contribution is 8.12. The molecule has 0 spiro atoms. The van der Waals surface area contributed by atoms with E-state index in [-0.39, 0.29) is 0 Å². The van der Waals surface area contributed by atoms with Gasteiger partial charge in [0.1, 0.15) is 11.6 Å². The van der Waals surface area contributed by atoms with E-state index in [1.54, 1.807) is 7.05 Å². The fourth-order valence-electron chi connectivity index (χ4n) is 1.05. The van der Waals surface area contributed by atoms with Crippen molar-refractivity contribution in [2.45, 2.75) is 6.54 Å². The molecule has 0 heterocycles. The Labute approximate surface area is 88.9 Å². The van der Waals surface area contributed by atoms with E-state index in [1.165, 1.54) is 17.1 Å². The first kappa shape index (κ1) is 11.4. The number of halogens is 2. The van der Waals surface area contributed by atoms with Crippen molar-refractivity contribution in [3.8, 4) is 0 Å². The number of benzene rings is 1. The Morgan fingerprint density at radius 1 is 1.36 bits per heavy atom. The zero-order valence-electron chi connectivity index (χ0n) is 7.41. The van der Waals surface area contributed by atoms with Crippen molar-refractivity contribution < 1.29 is 8.78 Å². The van der Waals surface area contributed by atoms with Crippen LogP contribution in [0, 0.1) is 11.6 Å². The Morgan fingerprint density at radius 3 is 2.43 bits per heavy atom. The number of hydrogen-bond donors (Lipinski definition) is 0. The lowest BCUT2D eigenvalue weighted by Gasteiger charge is -2.08. The highest BCUT2D eigenvalue weighted by atomic mass is 32.8. The van der Waals surface area contributed by atoms with Crippen molar-refractivity contribution in [1.82, 2.24) is 5.01 Å². The monoisotopic (exact) mass is 234 g/mol. The molecule has 76 valence electrons. The lowest BCUT2D eigenvalue weighted by atomic mass is 10.2. The van der Waals surface area contributed by atoms with Crippen LogP contribution in [0.4, 0.5) is 8.78 Å². The Morgan fingerprint density at radius 2 is 1.93 bits per heavy atom. The summed E-state index contributed by atoms with van der Waals surface area (Å²) in [5.74, 6) is -1.17. The number of rotatable bonds is 3. The fraction of sp³-hybridized carbons (Fsp3) is 0.250. The zero-order valence-corrected chi connectivity index (χ0v) is 9.04. The van der Waals surface area contributed by atoms with Gasteiger partial charge in [-0.1, -0.05) is 0 Å². The smallest absolute Gasteiger partial charge is 0.126 e. The topological polar surface area (TPSA) is 15.6 Å². The standard InChI is InChI=1S/C8H8F2N2S2/c1-12(11-14-13)5-6-2-7(9)4-8(10)3-6/h2-4H,5H2,1H3. The SMILES string of the molecule is CN(Cc1cc(F)cc(F)c1)N=S=S. The Balaban J connectivity index is 2.81. The summed E-state index contributed by atoms with van der Waals surface area (Å²) in [4.78, 5) is 0. The molecule has 0 saturated carbocycles. The van der Waals surface area contributed by atoms with Crippen LogP contribution in [0.1, 0.15) is 5.56 Å². The third-order valence-corrected chi connectivity index (χ3v) is 2.05. The zero-order chi connectivity index (χ0) is 10.6. The van der Waals surface area contributed by atoms with Crippen LogP contribution in [0.25, 0.3) is 0 Å². The maximum absolute atomic E-state index is 12.7. The molecule has 0 N–H and O–H groups in total. The summed E-state index contributed by atoms with van der Waals surface area (Å²) in [6.07, 6.45) is 0. The molecule has 0 fully saturated rings. The Bertz CT molecular complexity index is 357. The maximum Gasteiger partial charge on any atom is 0.126 e. The normalized spacial score (nSPS) is 10.3. The van der Waals surface area contributed by atoms with E-state index >= 15 is 0 Å². The van der Waals surface area contributed by atoms with Gasteiger partial charge in [-0.25, -0.2) is 8.78 Å². The average Bonchev–Trinajstić information content (AvgIpc) is 2.01. The molecule has 0 aliphatic carbocycles. The molecule has 0 unspecified atom stereocenters. The minimum atomic E-state index is -0.584. The van der Waals surface area contributed by atoms with Crippen LogP contribution in [-0.2, 0) is 27.9 Å². The van der Waals surface area contributed by atoms with Crippen LogP contribution in [0.5, 0.6) is 0 Å². The van der Waals surface area contributed by atoms with Crippen LogP contribution in [0.15, 0.2) is 22.7 Å². The molecular weight excluding hydrogens is 226 g/mol. The first-order valence-electron chi connectivity index (χ1n) is 3.78. The van der Waals surface area contributed by atoms with Crippen LogP contribution in [-0.4, -0.2) is 12.1 Å². The van der Waals surface area contributed by atoms with E-state index in [4.69, 9.17) is 0 Å². The summed E-state index contributed by atoms with van der Waals surface area (Å²) >= 11 is 4.56. The van der Waals surface area contributed by atoms with Gasteiger partial charge in [0, 0.05) is 41.0 Å². The predicted octanol–water partition coefficient (Wildman–Crippen LogP) is 2.04. The van der Waals surface area contributed by atoms with Gasteiger partial charge in [-0.3, -0.25) is 0 Å². The van der Waals surface area contributed by atoms with E-state index < -0.39 is 11.6 Å². The van der Waals surface area contributed by atoms with E-state index in [0.717, 1.165) is 16.2 Å². The van der Waals surface area contributed by atoms with Crippen LogP contribution >= 0.6 is 0 Å². The molecule has 0 bridgehead atoms. The molecule has 1 rings (SSSR count). The van der Waals surface area contributed by atoms with Crippen LogP contribution in [0.2, 0.25) is 0 Å². The quantitative estimate of drug-likeness (QED) is 0.744. The van der Waals surface area contributed by atoms with Gasteiger partial charge in [0.15, 0.2) is 0 Å². The summed E-state index contributed by atoms with van der Waals surface area (Å²) in [5, 5.41) is 1.52. The van der Waals surface area contributed by atoms with Crippen molar-refractivity contribution in [3.63, 3.8) is 0 Å². The summed E-state index contributed by atoms with van der Waals surface area (Å²) in [5.41, 5.74) is 0.526. The lowest BCUT2D eigenvalue weighted by Crippen LogP contribution is -2.09. The van der Waals surface area contributed by atoms with Gasteiger partial charge in [-0.15, -0.1) is 4.47 Å². The molecule has 0 radical (unpaired) electrons. The molecule has 0 saturated heterocycles. The van der Waals surface area contributed by atoms with Gasteiger partial charge in [0.25, 0.3) is 0 Å². The van der Waals surface area contributed by atoms with Gasteiger partial charge in [0.2, 0.25) is 0 Å². The molecule has 0 atom stereocenters. The van der Waals surface area contributed by atoms with Crippen molar-refractivity contribution in [3.05, 3.63) is 35.4 Å². The summed E-state index contributed by atoms with van der Waals surface area (Å²) in [6, 6.07) is 3.37. The molecule has 1 aromatic rings. The van der Waals surface area contributed by atoms with Crippen molar-refractivity contribution in [2.24, 2.45) is 4.47 Å². The second kappa shape index (κ2) is 5.23. The summed E-state index contributed by atoms with van der Waals surface area (Å²) in [6.45, 7) is 0.332. The molecular formula is C8H8F2N2S2. The van der Waals surface area contributed by atoms with Gasteiger partial charge < -0.3 is 0 Å². The maximum atomic E-state index is 12.7. The van der Waals surface area contributed by atoms with Crippen LogP contribution < -0.4 is 0 Å². The molecule has 0 aliphatic rings. The molecule has 0 aliphatic heterocycles. The lowest BCUT2D eigenvalue weighted by molar-refractivity contribution is 0.353. The van der Waals surface area contributed by atoms with Gasteiger partial charge in [-0.2, -0.15) is 5.01 Å². The second-order valence-corrected chi connectivity index (χ2v) is 3.51. The first-order chi connectivity index (χ1) is 6.61.